The van der Waals surface area contributed by atoms with E-state index in [1.54, 1.807) is 22.2 Å². The Balaban J connectivity index is 2.50. The van der Waals surface area contributed by atoms with Gasteiger partial charge in [-0.25, -0.2) is 9.78 Å². The Hall–Kier alpha value is -1.82. The Bertz CT molecular complexity index is 801. The molecule has 3 aromatic rings. The molecule has 0 saturated carbocycles. The van der Waals surface area contributed by atoms with Crippen molar-refractivity contribution in [2.24, 2.45) is 7.05 Å². The van der Waals surface area contributed by atoms with Gasteiger partial charge in [-0.15, -0.1) is 0 Å². The molecule has 3 rings (SSSR count). The molecule has 0 bridgehead atoms. The monoisotopic (exact) mass is 307 g/mol. The number of aryl methyl sites for hydroxylation is 2. The van der Waals surface area contributed by atoms with Crippen LogP contribution in [0.2, 0.25) is 0 Å². The summed E-state index contributed by atoms with van der Waals surface area (Å²) in [6.07, 6.45) is 1.60. The zero-order chi connectivity index (χ0) is 13.0. The molecule has 2 heterocycles. The van der Waals surface area contributed by atoms with Gasteiger partial charge in [-0.05, 0) is 40.5 Å². The summed E-state index contributed by atoms with van der Waals surface area (Å²) >= 11 is 3.48. The van der Waals surface area contributed by atoms with Crippen LogP contribution in [0.5, 0.6) is 0 Å². The predicted octanol–water partition coefficient (Wildman–Crippen LogP) is 2.60. The molecule has 0 spiro atoms. The number of carboxylic acid groups (broad SMARTS) is 1. The smallest absolute Gasteiger partial charge is 0.354 e. The molecular weight excluding hydrogens is 298 g/mol. The summed E-state index contributed by atoms with van der Waals surface area (Å²) in [4.78, 5) is 15.6. The van der Waals surface area contributed by atoms with E-state index in [1.807, 2.05) is 19.1 Å². The Labute approximate surface area is 111 Å². The summed E-state index contributed by atoms with van der Waals surface area (Å²) in [5.41, 5.74) is 3.05. The molecule has 0 radical (unpaired) electrons. The van der Waals surface area contributed by atoms with Gasteiger partial charge < -0.3 is 9.67 Å². The van der Waals surface area contributed by atoms with Crippen molar-refractivity contribution in [2.75, 3.05) is 0 Å². The van der Waals surface area contributed by atoms with Crippen LogP contribution >= 0.6 is 15.9 Å². The summed E-state index contributed by atoms with van der Waals surface area (Å²) < 4.78 is 4.29. The van der Waals surface area contributed by atoms with E-state index in [0.717, 1.165) is 21.1 Å². The van der Waals surface area contributed by atoms with E-state index in [0.29, 0.717) is 5.78 Å². The highest BCUT2D eigenvalue weighted by atomic mass is 79.9. The molecule has 0 aliphatic rings. The zero-order valence-electron chi connectivity index (χ0n) is 9.81. The molecule has 0 fully saturated rings. The first-order chi connectivity index (χ1) is 8.49. The fraction of sp³-hybridized carbons (Fsp3) is 0.167. The predicted molar refractivity (Wildman–Crippen MR) is 71.1 cm³/mol. The highest BCUT2D eigenvalue weighted by Crippen LogP contribution is 2.27. The highest BCUT2D eigenvalue weighted by Gasteiger charge is 2.17. The average molecular weight is 308 g/mol. The quantitative estimate of drug-likeness (QED) is 0.752. The first kappa shape index (κ1) is 11.3. The zero-order valence-corrected chi connectivity index (χ0v) is 11.4. The SMILES string of the molecule is Cc1cc(Br)c2nc3n(C)c(C(=O)O)cn3c2c1. The van der Waals surface area contributed by atoms with Crippen molar-refractivity contribution in [3.05, 3.63) is 34.1 Å². The van der Waals surface area contributed by atoms with Crippen LogP contribution < -0.4 is 0 Å². The van der Waals surface area contributed by atoms with Crippen molar-refractivity contribution in [2.45, 2.75) is 6.92 Å². The van der Waals surface area contributed by atoms with Crippen molar-refractivity contribution in [1.29, 1.82) is 0 Å². The van der Waals surface area contributed by atoms with Crippen LogP contribution in [0, 0.1) is 6.92 Å². The molecule has 0 amide bonds. The maximum atomic E-state index is 11.1. The largest absolute Gasteiger partial charge is 0.477 e. The lowest BCUT2D eigenvalue weighted by molar-refractivity contribution is 0.0687. The Morgan fingerprint density at radius 2 is 2.17 bits per heavy atom. The van der Waals surface area contributed by atoms with Gasteiger partial charge in [0.05, 0.1) is 5.52 Å². The first-order valence-electron chi connectivity index (χ1n) is 5.36. The van der Waals surface area contributed by atoms with Crippen molar-refractivity contribution >= 4 is 38.7 Å². The van der Waals surface area contributed by atoms with E-state index in [1.165, 1.54) is 0 Å². The van der Waals surface area contributed by atoms with Crippen LogP contribution in [0.1, 0.15) is 16.1 Å². The lowest BCUT2D eigenvalue weighted by Gasteiger charge is -1.97. The number of rotatable bonds is 1. The van der Waals surface area contributed by atoms with Crippen LogP contribution in [0.4, 0.5) is 0 Å². The summed E-state index contributed by atoms with van der Waals surface area (Å²) in [6.45, 7) is 1.99. The van der Waals surface area contributed by atoms with E-state index in [-0.39, 0.29) is 5.69 Å². The minimum atomic E-state index is -0.956. The second kappa shape index (κ2) is 3.58. The number of carbonyl (C=O) groups is 1. The summed E-state index contributed by atoms with van der Waals surface area (Å²) in [5, 5.41) is 9.10. The van der Waals surface area contributed by atoms with Crippen molar-refractivity contribution in [1.82, 2.24) is 14.0 Å². The van der Waals surface area contributed by atoms with Crippen molar-refractivity contribution < 1.29 is 9.90 Å². The van der Waals surface area contributed by atoms with Crippen LogP contribution in [0.15, 0.2) is 22.8 Å². The summed E-state index contributed by atoms with van der Waals surface area (Å²) in [6, 6.07) is 3.98. The second-order valence-corrected chi connectivity index (χ2v) is 5.13. The summed E-state index contributed by atoms with van der Waals surface area (Å²) in [7, 11) is 1.70. The fourth-order valence-corrected chi connectivity index (χ4v) is 2.80. The van der Waals surface area contributed by atoms with Crippen LogP contribution in [-0.4, -0.2) is 25.0 Å². The van der Waals surface area contributed by atoms with Crippen LogP contribution in [-0.2, 0) is 7.05 Å². The number of fused-ring (bicyclic) bond motifs is 3. The third-order valence-electron chi connectivity index (χ3n) is 3.01. The number of nitrogens with zero attached hydrogens (tertiary/aromatic N) is 3. The van der Waals surface area contributed by atoms with Gasteiger partial charge in [-0.3, -0.25) is 4.40 Å². The van der Waals surface area contributed by atoms with Crippen molar-refractivity contribution in [3.8, 4) is 0 Å². The van der Waals surface area contributed by atoms with Crippen LogP contribution in [0.3, 0.4) is 0 Å². The third kappa shape index (κ3) is 1.38. The molecule has 1 N–H and O–H groups in total. The molecular formula is C12H10BrN3O2. The molecule has 0 atom stereocenters. The minimum absolute atomic E-state index is 0.219. The molecule has 1 aromatic carbocycles. The van der Waals surface area contributed by atoms with Gasteiger partial charge >= 0.3 is 5.97 Å². The van der Waals surface area contributed by atoms with Gasteiger partial charge in [0, 0.05) is 17.7 Å². The van der Waals surface area contributed by atoms with Gasteiger partial charge in [0.1, 0.15) is 11.2 Å². The Kier molecular flexibility index (Phi) is 2.25. The van der Waals surface area contributed by atoms with Crippen molar-refractivity contribution in [3.63, 3.8) is 0 Å². The molecule has 0 aliphatic carbocycles. The van der Waals surface area contributed by atoms with Gasteiger partial charge in [0.25, 0.3) is 0 Å². The van der Waals surface area contributed by atoms with E-state index >= 15 is 0 Å². The van der Waals surface area contributed by atoms with Gasteiger partial charge in [-0.2, -0.15) is 0 Å². The van der Waals surface area contributed by atoms with E-state index in [9.17, 15) is 4.79 Å². The molecule has 0 saturated heterocycles. The number of hydrogen-bond acceptors (Lipinski definition) is 2. The lowest BCUT2D eigenvalue weighted by atomic mass is 10.2. The molecule has 92 valence electrons. The molecule has 0 aliphatic heterocycles. The summed E-state index contributed by atoms with van der Waals surface area (Å²) in [5.74, 6) is -0.337. The molecule has 5 nitrogen and oxygen atoms in total. The molecule has 0 unspecified atom stereocenters. The number of aromatic carboxylic acids is 1. The van der Waals surface area contributed by atoms with Crippen LogP contribution in [0.25, 0.3) is 16.8 Å². The minimum Gasteiger partial charge on any atom is -0.477 e. The Morgan fingerprint density at radius 3 is 2.83 bits per heavy atom. The topological polar surface area (TPSA) is 59.5 Å². The van der Waals surface area contributed by atoms with E-state index < -0.39 is 5.97 Å². The number of imidazole rings is 2. The lowest BCUT2D eigenvalue weighted by Crippen LogP contribution is -2.03. The van der Waals surface area contributed by atoms with Gasteiger partial charge in [-0.1, -0.05) is 0 Å². The number of benzene rings is 1. The number of hydrogen-bond donors (Lipinski definition) is 1. The molecule has 6 heteroatoms. The number of carboxylic acids is 1. The molecule has 18 heavy (non-hydrogen) atoms. The standard InChI is InChI=1S/C12H10BrN3O2/c1-6-3-7(13)10-8(4-6)16-5-9(11(17)18)15(2)12(16)14-10/h3-5H,1-2H3,(H,17,18). The number of aromatic nitrogens is 3. The fourth-order valence-electron chi connectivity index (χ4n) is 2.15. The Morgan fingerprint density at radius 1 is 1.44 bits per heavy atom. The second-order valence-electron chi connectivity index (χ2n) is 4.27. The van der Waals surface area contributed by atoms with E-state index in [4.69, 9.17) is 5.11 Å². The highest BCUT2D eigenvalue weighted by molar-refractivity contribution is 9.10. The van der Waals surface area contributed by atoms with Gasteiger partial charge in [0.2, 0.25) is 5.78 Å². The first-order valence-corrected chi connectivity index (χ1v) is 6.15. The number of halogens is 1. The third-order valence-corrected chi connectivity index (χ3v) is 3.61. The normalized spacial score (nSPS) is 11.5. The maximum Gasteiger partial charge on any atom is 0.354 e. The van der Waals surface area contributed by atoms with Gasteiger partial charge in [0.15, 0.2) is 0 Å². The molecule has 2 aromatic heterocycles. The maximum absolute atomic E-state index is 11.1. The average Bonchev–Trinajstić information content (AvgIpc) is 2.77. The van der Waals surface area contributed by atoms with E-state index in [2.05, 4.69) is 20.9 Å².